The molecule has 0 unspecified atom stereocenters. The second-order valence-electron chi connectivity index (χ2n) is 2.82. The van der Waals surface area contributed by atoms with Gasteiger partial charge in [-0.25, -0.2) is 4.39 Å². The third-order valence-electron chi connectivity index (χ3n) is 1.78. The van der Waals surface area contributed by atoms with Gasteiger partial charge in [0.25, 0.3) is 5.69 Å². The van der Waals surface area contributed by atoms with Crippen LogP contribution in [0.5, 0.6) is 0 Å². The van der Waals surface area contributed by atoms with Crippen molar-refractivity contribution >= 4 is 23.0 Å². The lowest BCUT2D eigenvalue weighted by Gasteiger charge is -2.04. The summed E-state index contributed by atoms with van der Waals surface area (Å²) in [5, 5.41) is 13.0. The van der Waals surface area contributed by atoms with Crippen molar-refractivity contribution in [3.05, 3.63) is 33.1 Å². The fraction of sp³-hybridized carbons (Fsp3) is 0.200. The van der Waals surface area contributed by atoms with E-state index in [1.54, 1.807) is 6.92 Å². The first kappa shape index (κ1) is 12.3. The summed E-state index contributed by atoms with van der Waals surface area (Å²) < 4.78 is 13.1. The minimum Gasteiger partial charge on any atom is -0.368 e. The van der Waals surface area contributed by atoms with Gasteiger partial charge in [-0.15, -0.1) is 5.92 Å². The average molecular weight is 243 g/mol. The van der Waals surface area contributed by atoms with Crippen molar-refractivity contribution < 1.29 is 9.31 Å². The zero-order chi connectivity index (χ0) is 12.1. The Bertz CT molecular complexity index is 480. The first-order chi connectivity index (χ1) is 7.56. The van der Waals surface area contributed by atoms with Crippen LogP contribution in [-0.2, 0) is 0 Å². The Kier molecular flexibility index (Phi) is 4.09. The number of nitrogens with zero attached hydrogens (tertiary/aromatic N) is 1. The molecule has 1 rings (SSSR count). The average Bonchev–Trinajstić information content (AvgIpc) is 2.23. The van der Waals surface area contributed by atoms with Gasteiger partial charge in [0, 0.05) is 12.1 Å². The van der Waals surface area contributed by atoms with Crippen LogP contribution in [0.1, 0.15) is 6.92 Å². The van der Waals surface area contributed by atoms with Crippen LogP contribution in [0.15, 0.2) is 12.1 Å². The summed E-state index contributed by atoms with van der Waals surface area (Å²) in [5.41, 5.74) is -0.209. The normalized spacial score (nSPS) is 9.19. The lowest BCUT2D eigenvalue weighted by atomic mass is 10.2. The Balaban J connectivity index is 3.07. The molecule has 0 bridgehead atoms. The van der Waals surface area contributed by atoms with Crippen LogP contribution in [0.4, 0.5) is 15.8 Å². The Morgan fingerprint density at radius 2 is 2.31 bits per heavy atom. The molecule has 0 saturated heterocycles. The summed E-state index contributed by atoms with van der Waals surface area (Å²) in [4.78, 5) is 10.0. The second kappa shape index (κ2) is 5.33. The molecule has 0 saturated carbocycles. The molecule has 0 aliphatic heterocycles. The van der Waals surface area contributed by atoms with Crippen molar-refractivity contribution in [1.29, 1.82) is 0 Å². The third-order valence-corrected chi connectivity index (χ3v) is 2.07. The van der Waals surface area contributed by atoms with E-state index >= 15 is 0 Å². The summed E-state index contributed by atoms with van der Waals surface area (Å²) in [5.74, 6) is 4.56. The Hall–Kier alpha value is -1.80. The largest absolute Gasteiger partial charge is 0.368 e. The van der Waals surface area contributed by atoms with E-state index in [1.807, 2.05) is 0 Å². The fourth-order valence-electron chi connectivity index (χ4n) is 1.06. The highest BCUT2D eigenvalue weighted by molar-refractivity contribution is 6.31. The van der Waals surface area contributed by atoms with E-state index < -0.39 is 10.7 Å². The molecule has 4 nitrogen and oxygen atoms in total. The van der Waals surface area contributed by atoms with E-state index in [0.29, 0.717) is 0 Å². The summed E-state index contributed by atoms with van der Waals surface area (Å²) >= 11 is 5.46. The molecule has 1 N–H and O–H groups in total. The third kappa shape index (κ3) is 2.84. The lowest BCUT2D eigenvalue weighted by Crippen LogP contribution is -2.03. The van der Waals surface area contributed by atoms with Gasteiger partial charge < -0.3 is 5.32 Å². The highest BCUT2D eigenvalue weighted by atomic mass is 35.5. The van der Waals surface area contributed by atoms with Gasteiger partial charge >= 0.3 is 0 Å². The molecule has 1 aromatic carbocycles. The number of hydrogen-bond acceptors (Lipinski definition) is 3. The smallest absolute Gasteiger partial charge is 0.294 e. The van der Waals surface area contributed by atoms with Crippen molar-refractivity contribution in [3.8, 4) is 11.8 Å². The quantitative estimate of drug-likeness (QED) is 0.504. The van der Waals surface area contributed by atoms with Crippen LogP contribution in [0.3, 0.4) is 0 Å². The molecule has 0 amide bonds. The van der Waals surface area contributed by atoms with Gasteiger partial charge in [0.15, 0.2) is 0 Å². The van der Waals surface area contributed by atoms with E-state index in [4.69, 9.17) is 11.6 Å². The van der Waals surface area contributed by atoms with Crippen LogP contribution in [-0.4, -0.2) is 11.5 Å². The van der Waals surface area contributed by atoms with Crippen LogP contribution >= 0.6 is 11.6 Å². The molecule has 0 atom stereocenters. The number of anilines is 1. The lowest BCUT2D eigenvalue weighted by molar-refractivity contribution is -0.384. The minimum absolute atomic E-state index is 0.0645. The molecule has 0 radical (unpaired) electrons. The molecule has 0 aliphatic rings. The van der Waals surface area contributed by atoms with Gasteiger partial charge in [0.05, 0.1) is 16.5 Å². The Morgan fingerprint density at radius 1 is 1.62 bits per heavy atom. The van der Waals surface area contributed by atoms with E-state index in [0.717, 1.165) is 12.1 Å². The summed E-state index contributed by atoms with van der Waals surface area (Å²) in [6.45, 7) is 1.84. The Labute approximate surface area is 96.6 Å². The van der Waals surface area contributed by atoms with Crippen molar-refractivity contribution in [2.24, 2.45) is 0 Å². The van der Waals surface area contributed by atoms with Crippen molar-refractivity contribution in [2.75, 3.05) is 11.9 Å². The predicted molar refractivity (Wildman–Crippen MR) is 60.0 cm³/mol. The summed E-state index contributed by atoms with van der Waals surface area (Å²) in [6, 6.07) is 1.95. The van der Waals surface area contributed by atoms with Crippen LogP contribution in [0.2, 0.25) is 5.02 Å². The number of benzene rings is 1. The fourth-order valence-corrected chi connectivity index (χ4v) is 1.21. The number of rotatable bonds is 3. The molecule has 1 aromatic rings. The number of nitro benzene ring substituents is 1. The first-order valence-electron chi connectivity index (χ1n) is 4.33. The number of halogens is 2. The highest BCUT2D eigenvalue weighted by Crippen LogP contribution is 2.29. The van der Waals surface area contributed by atoms with E-state index in [-0.39, 0.29) is 22.9 Å². The van der Waals surface area contributed by atoms with E-state index in [9.17, 15) is 14.5 Å². The van der Waals surface area contributed by atoms with Gasteiger partial charge in [0.1, 0.15) is 11.5 Å². The SMILES string of the molecule is CC#CCNc1cc(F)c(Cl)cc1[N+](=O)[O-]. The van der Waals surface area contributed by atoms with Gasteiger partial charge in [-0.1, -0.05) is 17.5 Å². The molecular weight excluding hydrogens is 235 g/mol. The Morgan fingerprint density at radius 3 is 2.88 bits per heavy atom. The molecule has 0 spiro atoms. The monoisotopic (exact) mass is 242 g/mol. The summed E-state index contributed by atoms with van der Waals surface area (Å²) in [6.07, 6.45) is 0. The topological polar surface area (TPSA) is 55.2 Å². The molecule has 16 heavy (non-hydrogen) atoms. The number of hydrogen-bond donors (Lipinski definition) is 1. The molecule has 0 aromatic heterocycles. The van der Waals surface area contributed by atoms with E-state index in [2.05, 4.69) is 17.2 Å². The van der Waals surface area contributed by atoms with Crippen LogP contribution in [0, 0.1) is 27.8 Å². The molecule has 0 fully saturated rings. The summed E-state index contributed by atoms with van der Waals surface area (Å²) in [7, 11) is 0. The van der Waals surface area contributed by atoms with Gasteiger partial charge in [-0.3, -0.25) is 10.1 Å². The molecule has 6 heteroatoms. The van der Waals surface area contributed by atoms with Crippen molar-refractivity contribution in [1.82, 2.24) is 0 Å². The molecule has 84 valence electrons. The highest BCUT2D eigenvalue weighted by Gasteiger charge is 2.16. The standard InChI is InChI=1S/C10H8ClFN2O2/c1-2-3-4-13-9-6-8(12)7(11)5-10(9)14(15)16/h5-6,13H,4H2,1H3. The first-order valence-corrected chi connectivity index (χ1v) is 4.71. The van der Waals surface area contributed by atoms with Crippen LogP contribution < -0.4 is 5.32 Å². The number of nitrogens with one attached hydrogen (secondary N) is 1. The van der Waals surface area contributed by atoms with E-state index in [1.165, 1.54) is 0 Å². The van der Waals surface area contributed by atoms with Crippen molar-refractivity contribution in [2.45, 2.75) is 6.92 Å². The van der Waals surface area contributed by atoms with Crippen molar-refractivity contribution in [3.63, 3.8) is 0 Å². The second-order valence-corrected chi connectivity index (χ2v) is 3.23. The minimum atomic E-state index is -0.709. The maximum absolute atomic E-state index is 13.1. The van der Waals surface area contributed by atoms with Crippen LogP contribution in [0.25, 0.3) is 0 Å². The zero-order valence-electron chi connectivity index (χ0n) is 8.38. The maximum Gasteiger partial charge on any atom is 0.294 e. The molecule has 0 aliphatic carbocycles. The maximum atomic E-state index is 13.1. The van der Waals surface area contributed by atoms with Gasteiger partial charge in [-0.05, 0) is 6.92 Å². The van der Waals surface area contributed by atoms with Gasteiger partial charge in [-0.2, -0.15) is 0 Å². The molecule has 0 heterocycles. The number of nitro groups is 1. The van der Waals surface area contributed by atoms with Gasteiger partial charge in [0.2, 0.25) is 0 Å². The predicted octanol–water partition coefficient (Wildman–Crippen LogP) is 2.82. The zero-order valence-corrected chi connectivity index (χ0v) is 9.14. The molecular formula is C10H8ClFN2O2.